The van der Waals surface area contributed by atoms with E-state index in [2.05, 4.69) is 6.92 Å². The summed E-state index contributed by atoms with van der Waals surface area (Å²) < 4.78 is 0. The van der Waals surface area contributed by atoms with Gasteiger partial charge in [0.1, 0.15) is 0 Å². The van der Waals surface area contributed by atoms with Crippen molar-refractivity contribution in [1.82, 2.24) is 0 Å². The highest BCUT2D eigenvalue weighted by molar-refractivity contribution is 5.85. The molecule has 1 nitrogen and oxygen atoms in total. The Morgan fingerprint density at radius 1 is 1.11 bits per heavy atom. The van der Waals surface area contributed by atoms with E-state index in [1.165, 1.54) is 25.7 Å². The van der Waals surface area contributed by atoms with Crippen LogP contribution in [0.1, 0.15) is 32.6 Å². The lowest BCUT2D eigenvalue weighted by Gasteiger charge is -2.22. The Morgan fingerprint density at radius 2 is 1.56 bits per heavy atom. The number of hydrogen-bond acceptors (Lipinski definition) is 1. The van der Waals surface area contributed by atoms with E-state index in [0.717, 1.165) is 5.92 Å². The van der Waals surface area contributed by atoms with Gasteiger partial charge < -0.3 is 5.73 Å². The molecule has 0 aromatic carbocycles. The van der Waals surface area contributed by atoms with Gasteiger partial charge in [-0.2, -0.15) is 0 Å². The Balaban J connectivity index is 0.000000640. The van der Waals surface area contributed by atoms with Gasteiger partial charge >= 0.3 is 0 Å². The number of rotatable bonds is 0. The maximum absolute atomic E-state index is 5.70. The molecule has 0 aromatic heterocycles. The molecule has 0 amide bonds. The molecule has 9 heavy (non-hydrogen) atoms. The molecule has 0 atom stereocenters. The van der Waals surface area contributed by atoms with Crippen molar-refractivity contribution in [3.05, 3.63) is 0 Å². The fourth-order valence-electron chi connectivity index (χ4n) is 1.29. The Morgan fingerprint density at radius 3 is 1.89 bits per heavy atom. The molecule has 1 saturated carbocycles. The van der Waals surface area contributed by atoms with Gasteiger partial charge in [0.25, 0.3) is 0 Å². The predicted molar refractivity (Wildman–Crippen MR) is 42.9 cm³/mol. The number of halogens is 1. The third-order valence-electron chi connectivity index (χ3n) is 2.06. The second-order valence-electron chi connectivity index (χ2n) is 3.02. The van der Waals surface area contributed by atoms with E-state index in [0.29, 0.717) is 6.04 Å². The molecule has 0 unspecified atom stereocenters. The Labute approximate surface area is 63.4 Å². The Bertz CT molecular complexity index is 57.3. The highest BCUT2D eigenvalue weighted by atomic mass is 35.5. The van der Waals surface area contributed by atoms with Crippen LogP contribution in [0.15, 0.2) is 0 Å². The van der Waals surface area contributed by atoms with Crippen LogP contribution in [0.25, 0.3) is 0 Å². The average Bonchev–Trinajstić information content (AvgIpc) is 1.77. The van der Waals surface area contributed by atoms with Crippen LogP contribution in [0.5, 0.6) is 0 Å². The second-order valence-corrected chi connectivity index (χ2v) is 3.02. The molecule has 0 bridgehead atoms. The molecule has 1 fully saturated rings. The van der Waals surface area contributed by atoms with E-state index in [-0.39, 0.29) is 12.4 Å². The van der Waals surface area contributed by atoms with Crippen LogP contribution in [0.4, 0.5) is 0 Å². The first-order valence-corrected chi connectivity index (χ1v) is 3.54. The third kappa shape index (κ3) is 3.07. The summed E-state index contributed by atoms with van der Waals surface area (Å²) in [6.45, 7) is 2.31. The van der Waals surface area contributed by atoms with Gasteiger partial charge in [-0.25, -0.2) is 0 Å². The van der Waals surface area contributed by atoms with E-state index in [4.69, 9.17) is 5.73 Å². The summed E-state index contributed by atoms with van der Waals surface area (Å²) in [6, 6.07) is 0.520. The third-order valence-corrected chi connectivity index (χ3v) is 2.06. The average molecular weight is 150 g/mol. The lowest BCUT2D eigenvalue weighted by atomic mass is 9.88. The molecule has 1 aliphatic carbocycles. The number of hydrogen-bond donors (Lipinski definition) is 1. The van der Waals surface area contributed by atoms with E-state index in [1.807, 2.05) is 0 Å². The van der Waals surface area contributed by atoms with Crippen molar-refractivity contribution in [3.63, 3.8) is 0 Å². The summed E-state index contributed by atoms with van der Waals surface area (Å²) in [7, 11) is 0. The van der Waals surface area contributed by atoms with Gasteiger partial charge in [0.2, 0.25) is 0 Å². The molecule has 56 valence electrons. The van der Waals surface area contributed by atoms with E-state index >= 15 is 0 Å². The van der Waals surface area contributed by atoms with Crippen molar-refractivity contribution in [1.29, 1.82) is 0 Å². The largest absolute Gasteiger partial charge is 0.328 e. The SMILES string of the molecule is C[C@H]1CC[C@H](N)CC1.Cl. The minimum absolute atomic E-state index is 0. The zero-order chi connectivity index (χ0) is 5.98. The van der Waals surface area contributed by atoms with Crippen molar-refractivity contribution in [2.45, 2.75) is 38.6 Å². The maximum Gasteiger partial charge on any atom is 0.00390 e. The minimum Gasteiger partial charge on any atom is -0.328 e. The van der Waals surface area contributed by atoms with Gasteiger partial charge in [0.05, 0.1) is 0 Å². The van der Waals surface area contributed by atoms with E-state index in [9.17, 15) is 0 Å². The first-order valence-electron chi connectivity index (χ1n) is 3.54. The molecule has 2 heteroatoms. The lowest BCUT2D eigenvalue weighted by molar-refractivity contribution is 0.348. The Kier molecular flexibility index (Phi) is 4.24. The van der Waals surface area contributed by atoms with Crippen LogP contribution in [0, 0.1) is 5.92 Å². The summed E-state index contributed by atoms with van der Waals surface area (Å²) in [6.07, 6.45) is 5.20. The summed E-state index contributed by atoms with van der Waals surface area (Å²) in [4.78, 5) is 0. The topological polar surface area (TPSA) is 26.0 Å². The van der Waals surface area contributed by atoms with Crippen molar-refractivity contribution < 1.29 is 0 Å². The Hall–Kier alpha value is 0.250. The fraction of sp³-hybridized carbons (Fsp3) is 1.00. The standard InChI is InChI=1S/C7H15N.ClH/c1-6-2-4-7(8)5-3-6;/h6-7H,2-5,8H2,1H3;1H/t6-,7-;. The second kappa shape index (κ2) is 4.13. The summed E-state index contributed by atoms with van der Waals surface area (Å²) in [5.74, 6) is 0.940. The highest BCUT2D eigenvalue weighted by Gasteiger charge is 2.13. The van der Waals surface area contributed by atoms with Gasteiger partial charge in [-0.1, -0.05) is 6.92 Å². The molecule has 0 spiro atoms. The van der Waals surface area contributed by atoms with Crippen LogP contribution in [-0.4, -0.2) is 6.04 Å². The zero-order valence-corrected chi connectivity index (χ0v) is 6.79. The molecule has 0 saturated heterocycles. The molecule has 1 aliphatic rings. The minimum atomic E-state index is 0. The molecule has 2 N–H and O–H groups in total. The van der Waals surface area contributed by atoms with Crippen LogP contribution < -0.4 is 5.73 Å². The molecular formula is C7H16ClN. The van der Waals surface area contributed by atoms with Gasteiger partial charge in [-0.3, -0.25) is 0 Å². The van der Waals surface area contributed by atoms with Crippen molar-refractivity contribution >= 4 is 12.4 Å². The van der Waals surface area contributed by atoms with E-state index in [1.54, 1.807) is 0 Å². The first kappa shape index (κ1) is 9.25. The fourth-order valence-corrected chi connectivity index (χ4v) is 1.29. The van der Waals surface area contributed by atoms with Crippen LogP contribution >= 0.6 is 12.4 Å². The normalized spacial score (nSPS) is 35.3. The quantitative estimate of drug-likeness (QED) is 0.560. The van der Waals surface area contributed by atoms with Crippen molar-refractivity contribution in [3.8, 4) is 0 Å². The van der Waals surface area contributed by atoms with Gasteiger partial charge in [0.15, 0.2) is 0 Å². The first-order chi connectivity index (χ1) is 3.79. The molecule has 1 rings (SSSR count). The number of nitrogens with two attached hydrogens (primary N) is 1. The smallest absolute Gasteiger partial charge is 0.00390 e. The van der Waals surface area contributed by atoms with Crippen molar-refractivity contribution in [2.24, 2.45) is 11.7 Å². The van der Waals surface area contributed by atoms with Gasteiger partial charge in [-0.15, -0.1) is 12.4 Å². The summed E-state index contributed by atoms with van der Waals surface area (Å²) in [5.41, 5.74) is 5.70. The molecule has 0 aliphatic heterocycles. The van der Waals surface area contributed by atoms with Gasteiger partial charge in [-0.05, 0) is 31.6 Å². The molecule has 0 aromatic rings. The van der Waals surface area contributed by atoms with Crippen LogP contribution in [0.2, 0.25) is 0 Å². The predicted octanol–water partition coefficient (Wildman–Crippen LogP) is 1.95. The highest BCUT2D eigenvalue weighted by Crippen LogP contribution is 2.21. The van der Waals surface area contributed by atoms with E-state index < -0.39 is 0 Å². The zero-order valence-electron chi connectivity index (χ0n) is 5.97. The molecular weight excluding hydrogens is 134 g/mol. The lowest BCUT2D eigenvalue weighted by Crippen LogP contribution is -2.25. The van der Waals surface area contributed by atoms with Crippen molar-refractivity contribution in [2.75, 3.05) is 0 Å². The van der Waals surface area contributed by atoms with Crippen LogP contribution in [0.3, 0.4) is 0 Å². The van der Waals surface area contributed by atoms with Gasteiger partial charge in [0, 0.05) is 6.04 Å². The monoisotopic (exact) mass is 149 g/mol. The summed E-state index contributed by atoms with van der Waals surface area (Å²) in [5, 5.41) is 0. The summed E-state index contributed by atoms with van der Waals surface area (Å²) >= 11 is 0. The molecule has 0 radical (unpaired) electrons. The molecule has 0 heterocycles. The maximum atomic E-state index is 5.70. The van der Waals surface area contributed by atoms with Crippen LogP contribution in [-0.2, 0) is 0 Å².